The Labute approximate surface area is 107 Å². The van der Waals surface area contributed by atoms with Crippen LogP contribution in [0.2, 0.25) is 0 Å². The lowest BCUT2D eigenvalue weighted by atomic mass is 9.88. The van der Waals surface area contributed by atoms with Crippen molar-refractivity contribution in [3.05, 3.63) is 0 Å². The van der Waals surface area contributed by atoms with Crippen molar-refractivity contribution in [3.63, 3.8) is 0 Å². The first-order chi connectivity index (χ1) is 8.21. The first-order valence-corrected chi connectivity index (χ1v) is 7.38. The number of aliphatic hydroxyl groups is 1. The molecular weight excluding hydrogens is 212 g/mol. The fourth-order valence-corrected chi connectivity index (χ4v) is 3.39. The summed E-state index contributed by atoms with van der Waals surface area (Å²) in [7, 11) is 1.72. The minimum absolute atomic E-state index is 0.111. The Kier molecular flexibility index (Phi) is 7.14. The summed E-state index contributed by atoms with van der Waals surface area (Å²) in [6.45, 7) is 5.37. The number of hydrogen-bond acceptors (Lipinski definition) is 2. The van der Waals surface area contributed by atoms with Crippen LogP contribution in [0, 0.1) is 17.8 Å². The van der Waals surface area contributed by atoms with E-state index in [-0.39, 0.29) is 6.10 Å². The van der Waals surface area contributed by atoms with Crippen molar-refractivity contribution in [2.24, 2.45) is 17.8 Å². The second-order valence-electron chi connectivity index (χ2n) is 5.70. The number of rotatable bonds is 8. The number of methoxy groups -OCH3 is 1. The molecule has 2 nitrogen and oxygen atoms in total. The van der Waals surface area contributed by atoms with Gasteiger partial charge in [-0.15, -0.1) is 0 Å². The fraction of sp³-hybridized carbons (Fsp3) is 1.00. The molecule has 1 aliphatic carbocycles. The van der Waals surface area contributed by atoms with E-state index in [1.807, 2.05) is 0 Å². The molecule has 1 aliphatic rings. The van der Waals surface area contributed by atoms with Gasteiger partial charge in [-0.25, -0.2) is 0 Å². The fourth-order valence-electron chi connectivity index (χ4n) is 3.39. The molecule has 0 spiro atoms. The summed E-state index contributed by atoms with van der Waals surface area (Å²) in [5.41, 5.74) is 0. The molecule has 0 aliphatic heterocycles. The lowest BCUT2D eigenvalue weighted by molar-refractivity contribution is 0.105. The van der Waals surface area contributed by atoms with Gasteiger partial charge in [0.15, 0.2) is 0 Å². The van der Waals surface area contributed by atoms with Gasteiger partial charge in [-0.05, 0) is 49.9 Å². The van der Waals surface area contributed by atoms with Gasteiger partial charge in [0.25, 0.3) is 0 Å². The molecule has 4 unspecified atom stereocenters. The quantitative estimate of drug-likeness (QED) is 0.659. The molecule has 1 N–H and O–H groups in total. The molecule has 0 aromatic heterocycles. The molecule has 0 amide bonds. The van der Waals surface area contributed by atoms with Crippen LogP contribution in [-0.4, -0.2) is 24.9 Å². The predicted octanol–water partition coefficient (Wildman–Crippen LogP) is 3.63. The normalized spacial score (nSPS) is 30.7. The van der Waals surface area contributed by atoms with Crippen LogP contribution in [-0.2, 0) is 4.74 Å². The van der Waals surface area contributed by atoms with Crippen molar-refractivity contribution in [2.45, 2.75) is 64.9 Å². The van der Waals surface area contributed by atoms with Gasteiger partial charge in [0.05, 0.1) is 6.10 Å². The monoisotopic (exact) mass is 242 g/mol. The van der Waals surface area contributed by atoms with E-state index < -0.39 is 0 Å². The van der Waals surface area contributed by atoms with E-state index in [9.17, 15) is 5.11 Å². The maximum Gasteiger partial charge on any atom is 0.0543 e. The van der Waals surface area contributed by atoms with Gasteiger partial charge < -0.3 is 9.84 Å². The van der Waals surface area contributed by atoms with Crippen LogP contribution in [0.5, 0.6) is 0 Å². The van der Waals surface area contributed by atoms with E-state index in [0.29, 0.717) is 0 Å². The average Bonchev–Trinajstić information content (AvgIpc) is 2.71. The molecule has 1 fully saturated rings. The predicted molar refractivity (Wildman–Crippen MR) is 72.0 cm³/mol. The Morgan fingerprint density at radius 1 is 1.18 bits per heavy atom. The van der Waals surface area contributed by atoms with E-state index in [2.05, 4.69) is 13.8 Å². The summed E-state index contributed by atoms with van der Waals surface area (Å²) in [5.74, 6) is 2.54. The van der Waals surface area contributed by atoms with Crippen LogP contribution in [0.25, 0.3) is 0 Å². The van der Waals surface area contributed by atoms with Crippen molar-refractivity contribution in [1.29, 1.82) is 0 Å². The third kappa shape index (κ3) is 4.97. The molecule has 2 heteroatoms. The van der Waals surface area contributed by atoms with Crippen LogP contribution in [0.15, 0.2) is 0 Å². The topological polar surface area (TPSA) is 29.5 Å². The molecule has 4 atom stereocenters. The summed E-state index contributed by atoms with van der Waals surface area (Å²) >= 11 is 0. The lowest BCUT2D eigenvalue weighted by Gasteiger charge is -2.21. The maximum absolute atomic E-state index is 10.1. The average molecular weight is 242 g/mol. The summed E-state index contributed by atoms with van der Waals surface area (Å²) in [6.07, 6.45) is 8.12. The highest BCUT2D eigenvalue weighted by Crippen LogP contribution is 2.42. The molecule has 0 bridgehead atoms. The molecule has 17 heavy (non-hydrogen) atoms. The van der Waals surface area contributed by atoms with Gasteiger partial charge in [-0.1, -0.05) is 26.7 Å². The van der Waals surface area contributed by atoms with Crippen molar-refractivity contribution in [2.75, 3.05) is 13.7 Å². The van der Waals surface area contributed by atoms with Crippen molar-refractivity contribution in [3.8, 4) is 0 Å². The highest BCUT2D eigenvalue weighted by molar-refractivity contribution is 4.83. The Balaban J connectivity index is 2.28. The van der Waals surface area contributed by atoms with Crippen molar-refractivity contribution in [1.82, 2.24) is 0 Å². The summed E-state index contributed by atoms with van der Waals surface area (Å²) in [4.78, 5) is 0. The van der Waals surface area contributed by atoms with Gasteiger partial charge >= 0.3 is 0 Å². The molecule has 0 radical (unpaired) electrons. The summed E-state index contributed by atoms with van der Waals surface area (Å²) in [5, 5.41) is 10.1. The molecule has 0 saturated heterocycles. The Morgan fingerprint density at radius 3 is 2.47 bits per heavy atom. The van der Waals surface area contributed by atoms with Crippen LogP contribution >= 0.6 is 0 Å². The van der Waals surface area contributed by atoms with Crippen molar-refractivity contribution >= 4 is 0 Å². The van der Waals surface area contributed by atoms with Crippen LogP contribution in [0.4, 0.5) is 0 Å². The second-order valence-corrected chi connectivity index (χ2v) is 5.70. The zero-order valence-corrected chi connectivity index (χ0v) is 11.8. The van der Waals surface area contributed by atoms with Crippen LogP contribution in [0.3, 0.4) is 0 Å². The first kappa shape index (κ1) is 15.0. The molecule has 0 aromatic carbocycles. The lowest BCUT2D eigenvalue weighted by Crippen LogP contribution is -2.17. The van der Waals surface area contributed by atoms with E-state index in [1.165, 1.54) is 25.7 Å². The van der Waals surface area contributed by atoms with E-state index in [0.717, 1.165) is 43.6 Å². The molecule has 102 valence electrons. The standard InChI is InChI=1S/C15H30O2/c1-4-12-9-13(5-2)14(10-12)11-15(16)7-6-8-17-3/h12-16H,4-11H2,1-3H3. The van der Waals surface area contributed by atoms with Crippen LogP contribution < -0.4 is 0 Å². The highest BCUT2D eigenvalue weighted by Gasteiger charge is 2.32. The zero-order valence-electron chi connectivity index (χ0n) is 11.8. The molecule has 0 aromatic rings. The molecule has 1 rings (SSSR count). The Morgan fingerprint density at radius 2 is 1.88 bits per heavy atom. The largest absolute Gasteiger partial charge is 0.393 e. The number of hydrogen-bond donors (Lipinski definition) is 1. The van der Waals surface area contributed by atoms with Crippen molar-refractivity contribution < 1.29 is 9.84 Å². The minimum atomic E-state index is -0.111. The third-order valence-corrected chi connectivity index (χ3v) is 4.50. The zero-order chi connectivity index (χ0) is 12.7. The summed E-state index contributed by atoms with van der Waals surface area (Å²) < 4.78 is 5.03. The van der Waals surface area contributed by atoms with Gasteiger partial charge in [-0.2, -0.15) is 0 Å². The number of aliphatic hydroxyl groups excluding tert-OH is 1. The van der Waals surface area contributed by atoms with Gasteiger partial charge in [0, 0.05) is 13.7 Å². The van der Waals surface area contributed by atoms with E-state index in [1.54, 1.807) is 7.11 Å². The Bertz CT molecular complexity index is 193. The SMILES string of the molecule is CCC1CC(CC)C(CC(O)CCCOC)C1. The number of ether oxygens (including phenoxy) is 1. The van der Waals surface area contributed by atoms with Crippen LogP contribution in [0.1, 0.15) is 58.8 Å². The first-order valence-electron chi connectivity index (χ1n) is 7.38. The maximum atomic E-state index is 10.1. The molecule has 0 heterocycles. The molecular formula is C15H30O2. The second kappa shape index (κ2) is 8.10. The Hall–Kier alpha value is -0.0800. The van der Waals surface area contributed by atoms with E-state index in [4.69, 9.17) is 4.74 Å². The third-order valence-electron chi connectivity index (χ3n) is 4.50. The van der Waals surface area contributed by atoms with Gasteiger partial charge in [0.1, 0.15) is 0 Å². The smallest absolute Gasteiger partial charge is 0.0543 e. The summed E-state index contributed by atoms with van der Waals surface area (Å²) in [6, 6.07) is 0. The molecule has 1 saturated carbocycles. The van der Waals surface area contributed by atoms with Gasteiger partial charge in [-0.3, -0.25) is 0 Å². The minimum Gasteiger partial charge on any atom is -0.393 e. The van der Waals surface area contributed by atoms with E-state index >= 15 is 0 Å². The highest BCUT2D eigenvalue weighted by atomic mass is 16.5. The van der Waals surface area contributed by atoms with Gasteiger partial charge in [0.2, 0.25) is 0 Å².